The highest BCUT2D eigenvalue weighted by Gasteiger charge is 2.38. The molecule has 7 nitrogen and oxygen atoms in total. The zero-order valence-corrected chi connectivity index (χ0v) is 15.7. The van der Waals surface area contributed by atoms with Crippen molar-refractivity contribution in [2.24, 2.45) is 0 Å². The van der Waals surface area contributed by atoms with Crippen LogP contribution in [-0.4, -0.2) is 54.0 Å². The molecular formula is C19H19ClFN3O4. The van der Waals surface area contributed by atoms with Crippen LogP contribution in [0.25, 0.3) is 10.9 Å². The van der Waals surface area contributed by atoms with E-state index in [0.717, 1.165) is 25.5 Å². The van der Waals surface area contributed by atoms with Crippen LogP contribution >= 0.6 is 11.6 Å². The lowest BCUT2D eigenvalue weighted by Crippen LogP contribution is -2.47. The van der Waals surface area contributed by atoms with Crippen LogP contribution in [0, 0.1) is 5.82 Å². The molecule has 0 spiro atoms. The third kappa shape index (κ3) is 2.70. The van der Waals surface area contributed by atoms with Gasteiger partial charge in [-0.15, -0.1) is 0 Å². The maximum atomic E-state index is 15.1. The Hall–Kier alpha value is -2.16. The Morgan fingerprint density at radius 2 is 2.14 bits per heavy atom. The molecule has 28 heavy (non-hydrogen) atoms. The minimum absolute atomic E-state index is 0.00374. The van der Waals surface area contributed by atoms with Gasteiger partial charge in [0.15, 0.2) is 0 Å². The first-order valence-electron chi connectivity index (χ1n) is 9.35. The van der Waals surface area contributed by atoms with Gasteiger partial charge in [-0.05, 0) is 18.9 Å². The first-order chi connectivity index (χ1) is 13.5. The topological polar surface area (TPSA) is 83.8 Å². The van der Waals surface area contributed by atoms with Gasteiger partial charge in [0.1, 0.15) is 11.4 Å². The predicted octanol–water partition coefficient (Wildman–Crippen LogP) is 2.00. The van der Waals surface area contributed by atoms with Crippen LogP contribution in [-0.2, 0) is 4.74 Å². The molecule has 0 amide bonds. The molecular weight excluding hydrogens is 389 g/mol. The van der Waals surface area contributed by atoms with Crippen molar-refractivity contribution in [2.45, 2.75) is 31.0 Å². The zero-order valence-electron chi connectivity index (χ0n) is 15.0. The molecule has 0 bridgehead atoms. The summed E-state index contributed by atoms with van der Waals surface area (Å²) in [7, 11) is 0. The van der Waals surface area contributed by atoms with E-state index in [0.29, 0.717) is 25.2 Å². The van der Waals surface area contributed by atoms with E-state index >= 15 is 4.39 Å². The van der Waals surface area contributed by atoms with Gasteiger partial charge < -0.3 is 24.6 Å². The van der Waals surface area contributed by atoms with Gasteiger partial charge in [-0.2, -0.15) is 0 Å². The fraction of sp³-hybridized carbons (Fsp3) is 0.474. The van der Waals surface area contributed by atoms with Crippen molar-refractivity contribution in [2.75, 3.05) is 31.1 Å². The summed E-state index contributed by atoms with van der Waals surface area (Å²) < 4.78 is 22.6. The van der Waals surface area contributed by atoms with Crippen LogP contribution in [0.5, 0.6) is 0 Å². The van der Waals surface area contributed by atoms with E-state index in [9.17, 15) is 14.7 Å². The van der Waals surface area contributed by atoms with E-state index in [-0.39, 0.29) is 39.8 Å². The number of carboxylic acid groups (broad SMARTS) is 1. The summed E-state index contributed by atoms with van der Waals surface area (Å²) in [5.74, 6) is -1.95. The molecule has 3 fully saturated rings. The van der Waals surface area contributed by atoms with Gasteiger partial charge in [0.25, 0.3) is 0 Å². The molecule has 5 rings (SSSR count). The van der Waals surface area contributed by atoms with Gasteiger partial charge in [0.2, 0.25) is 5.43 Å². The maximum absolute atomic E-state index is 15.1. The highest BCUT2D eigenvalue weighted by Crippen LogP contribution is 2.42. The summed E-state index contributed by atoms with van der Waals surface area (Å²) in [5, 5.41) is 12.9. The van der Waals surface area contributed by atoms with Crippen molar-refractivity contribution < 1.29 is 19.0 Å². The third-order valence-corrected chi connectivity index (χ3v) is 6.14. The van der Waals surface area contributed by atoms with Crippen LogP contribution in [0.4, 0.5) is 10.1 Å². The Morgan fingerprint density at radius 3 is 2.82 bits per heavy atom. The van der Waals surface area contributed by atoms with Crippen molar-refractivity contribution in [1.29, 1.82) is 0 Å². The number of nitrogens with one attached hydrogen (secondary N) is 1. The number of aromatic carboxylic acids is 1. The molecule has 0 radical (unpaired) electrons. The number of anilines is 1. The van der Waals surface area contributed by atoms with Gasteiger partial charge in [-0.25, -0.2) is 9.18 Å². The number of pyridine rings is 1. The fourth-order valence-corrected chi connectivity index (χ4v) is 4.70. The lowest BCUT2D eigenvalue weighted by atomic mass is 10.1. The molecule has 1 aromatic carbocycles. The molecule has 2 atom stereocenters. The maximum Gasteiger partial charge on any atom is 0.341 e. The Morgan fingerprint density at radius 1 is 1.36 bits per heavy atom. The predicted molar refractivity (Wildman–Crippen MR) is 102 cm³/mol. The summed E-state index contributed by atoms with van der Waals surface area (Å²) in [6.45, 7) is 2.42. The lowest BCUT2D eigenvalue weighted by molar-refractivity contribution is 0.0212. The summed E-state index contributed by atoms with van der Waals surface area (Å²) in [4.78, 5) is 26.0. The molecule has 3 heterocycles. The number of aromatic nitrogens is 1. The van der Waals surface area contributed by atoms with E-state index in [1.54, 1.807) is 4.57 Å². The summed E-state index contributed by atoms with van der Waals surface area (Å²) >= 11 is 6.66. The van der Waals surface area contributed by atoms with Crippen molar-refractivity contribution in [3.05, 3.63) is 38.9 Å². The Labute approximate surface area is 164 Å². The summed E-state index contributed by atoms with van der Waals surface area (Å²) in [5.41, 5.74) is -0.440. The average Bonchev–Trinajstić information content (AvgIpc) is 3.41. The first kappa shape index (κ1) is 17.9. The average molecular weight is 408 g/mol. The lowest BCUT2D eigenvalue weighted by Gasteiger charge is -2.25. The standard InChI is InChI=1S/C19H19ClFN3O4/c20-15-16-10(18(25)11(19(26)27)6-24(16)9-1-2-9)5-12(21)17(15)23-7-13-14(8-23)28-4-3-22-13/h5-6,9,13-14,22H,1-4,7-8H2,(H,26,27). The van der Waals surface area contributed by atoms with Crippen molar-refractivity contribution in [1.82, 2.24) is 9.88 Å². The van der Waals surface area contributed by atoms with Gasteiger partial charge in [-0.1, -0.05) is 11.6 Å². The Balaban J connectivity index is 1.70. The number of ether oxygens (including phenoxy) is 1. The number of carbonyl (C=O) groups is 1. The monoisotopic (exact) mass is 407 g/mol. The molecule has 2 aliphatic heterocycles. The van der Waals surface area contributed by atoms with Gasteiger partial charge in [-0.3, -0.25) is 4.79 Å². The second-order valence-corrected chi connectivity index (χ2v) is 7.99. The van der Waals surface area contributed by atoms with Crippen LogP contribution in [0.3, 0.4) is 0 Å². The number of hydrogen-bond acceptors (Lipinski definition) is 5. The molecule has 2 aromatic rings. The van der Waals surface area contributed by atoms with Crippen LogP contribution in [0.1, 0.15) is 29.2 Å². The molecule has 2 N–H and O–H groups in total. The zero-order chi connectivity index (χ0) is 19.6. The largest absolute Gasteiger partial charge is 0.477 e. The van der Waals surface area contributed by atoms with Gasteiger partial charge in [0.05, 0.1) is 40.4 Å². The molecule has 2 unspecified atom stereocenters. The number of rotatable bonds is 3. The van der Waals surface area contributed by atoms with E-state index in [1.807, 2.05) is 4.90 Å². The van der Waals surface area contributed by atoms with Crippen LogP contribution in [0.15, 0.2) is 17.1 Å². The van der Waals surface area contributed by atoms with Gasteiger partial charge >= 0.3 is 5.97 Å². The van der Waals surface area contributed by atoms with E-state index in [4.69, 9.17) is 16.3 Å². The molecule has 1 aliphatic carbocycles. The van der Waals surface area contributed by atoms with Crippen molar-refractivity contribution >= 4 is 34.2 Å². The van der Waals surface area contributed by atoms with E-state index in [1.165, 1.54) is 6.20 Å². The highest BCUT2D eigenvalue weighted by atomic mass is 35.5. The molecule has 1 saturated carbocycles. The van der Waals surface area contributed by atoms with Crippen LogP contribution in [0.2, 0.25) is 5.02 Å². The Bertz CT molecular complexity index is 1040. The molecule has 9 heteroatoms. The number of carboxylic acids is 1. The minimum atomic E-state index is -1.33. The normalized spacial score (nSPS) is 24.6. The first-order valence-corrected chi connectivity index (χ1v) is 9.73. The number of benzene rings is 1. The van der Waals surface area contributed by atoms with E-state index < -0.39 is 17.2 Å². The second kappa shape index (κ2) is 6.43. The molecule has 2 saturated heterocycles. The van der Waals surface area contributed by atoms with Gasteiger partial charge in [0, 0.05) is 31.9 Å². The Kier molecular flexibility index (Phi) is 4.12. The summed E-state index contributed by atoms with van der Waals surface area (Å²) in [6, 6.07) is 1.29. The van der Waals surface area contributed by atoms with E-state index in [2.05, 4.69) is 5.32 Å². The number of nitrogens with zero attached hydrogens (tertiary/aromatic N) is 2. The highest BCUT2D eigenvalue weighted by molar-refractivity contribution is 6.38. The third-order valence-electron chi connectivity index (χ3n) is 5.78. The van der Waals surface area contributed by atoms with Crippen LogP contribution < -0.4 is 15.6 Å². The number of halogens is 2. The molecule has 148 valence electrons. The number of morpholine rings is 1. The molecule has 3 aliphatic rings. The minimum Gasteiger partial charge on any atom is -0.477 e. The number of hydrogen-bond donors (Lipinski definition) is 2. The fourth-order valence-electron chi connectivity index (χ4n) is 4.29. The smallest absolute Gasteiger partial charge is 0.341 e. The quantitative estimate of drug-likeness (QED) is 0.809. The van der Waals surface area contributed by atoms with Crippen molar-refractivity contribution in [3.63, 3.8) is 0 Å². The van der Waals surface area contributed by atoms with Crippen molar-refractivity contribution in [3.8, 4) is 0 Å². The second-order valence-electron chi connectivity index (χ2n) is 7.61. The molecule has 1 aromatic heterocycles. The number of fused-ring (bicyclic) bond motifs is 2. The summed E-state index contributed by atoms with van der Waals surface area (Å²) in [6.07, 6.45) is 3.03. The SMILES string of the molecule is O=C(O)c1cn(C2CC2)c2c(Cl)c(N3CC4NCCOC4C3)c(F)cc2c1=O.